The third-order valence-corrected chi connectivity index (χ3v) is 4.86. The molecule has 1 amide bonds. The predicted octanol–water partition coefficient (Wildman–Crippen LogP) is 3.59. The molecule has 0 spiro atoms. The maximum absolute atomic E-state index is 12.6. The van der Waals surface area contributed by atoms with Gasteiger partial charge in [-0.2, -0.15) is 0 Å². The van der Waals surface area contributed by atoms with Crippen LogP contribution in [-0.2, 0) is 22.6 Å². The van der Waals surface area contributed by atoms with E-state index in [0.717, 1.165) is 21.2 Å². The van der Waals surface area contributed by atoms with Crippen molar-refractivity contribution in [3.8, 4) is 0 Å². The average Bonchev–Trinajstić information content (AvgIpc) is 2.58. The third kappa shape index (κ3) is 3.67. The molecule has 3 rings (SSSR count). The maximum Gasteiger partial charge on any atom is 0.312 e. The standard InChI is InChI=1S/C19H18BrNO3/c20-15-6-3-4-13(10-15)8-9-18(22)21-11-14-5-1-2-7-16(14)17(12-21)19(23)24/h1-7,10,17H,8-9,11-12H2,(H,23,24). The first-order chi connectivity index (χ1) is 11.5. The molecule has 0 fully saturated rings. The molecule has 1 aliphatic heterocycles. The number of hydrogen-bond donors (Lipinski definition) is 1. The molecule has 24 heavy (non-hydrogen) atoms. The molecular weight excluding hydrogens is 370 g/mol. The molecule has 0 aromatic heterocycles. The van der Waals surface area contributed by atoms with Gasteiger partial charge in [0.2, 0.25) is 5.91 Å². The molecule has 1 unspecified atom stereocenters. The van der Waals surface area contributed by atoms with Crippen molar-refractivity contribution in [1.82, 2.24) is 4.90 Å². The summed E-state index contributed by atoms with van der Waals surface area (Å²) in [5.41, 5.74) is 2.83. The minimum absolute atomic E-state index is 0.00396. The highest BCUT2D eigenvalue weighted by Crippen LogP contribution is 2.29. The number of rotatable bonds is 4. The van der Waals surface area contributed by atoms with E-state index in [4.69, 9.17) is 0 Å². The van der Waals surface area contributed by atoms with Crippen molar-refractivity contribution >= 4 is 27.8 Å². The van der Waals surface area contributed by atoms with Gasteiger partial charge in [0, 0.05) is 24.0 Å². The minimum atomic E-state index is -0.882. The van der Waals surface area contributed by atoms with Crippen molar-refractivity contribution in [2.75, 3.05) is 6.54 Å². The Balaban J connectivity index is 1.71. The van der Waals surface area contributed by atoms with E-state index in [1.165, 1.54) is 0 Å². The Morgan fingerprint density at radius 3 is 2.71 bits per heavy atom. The summed E-state index contributed by atoms with van der Waals surface area (Å²) < 4.78 is 0.991. The number of hydrogen-bond acceptors (Lipinski definition) is 2. The lowest BCUT2D eigenvalue weighted by Crippen LogP contribution is -2.40. The van der Waals surface area contributed by atoms with E-state index in [9.17, 15) is 14.7 Å². The zero-order valence-corrected chi connectivity index (χ0v) is 14.7. The predicted molar refractivity (Wildman–Crippen MR) is 94.7 cm³/mol. The van der Waals surface area contributed by atoms with Gasteiger partial charge in [-0.1, -0.05) is 52.3 Å². The van der Waals surface area contributed by atoms with Crippen molar-refractivity contribution in [2.45, 2.75) is 25.3 Å². The highest BCUT2D eigenvalue weighted by molar-refractivity contribution is 9.10. The van der Waals surface area contributed by atoms with Crippen LogP contribution in [0, 0.1) is 0 Å². The highest BCUT2D eigenvalue weighted by Gasteiger charge is 2.32. The first-order valence-electron chi connectivity index (χ1n) is 7.87. The summed E-state index contributed by atoms with van der Waals surface area (Å²) in [7, 11) is 0. The lowest BCUT2D eigenvalue weighted by atomic mass is 9.89. The van der Waals surface area contributed by atoms with Gasteiger partial charge in [-0.05, 0) is 35.2 Å². The Hall–Kier alpha value is -2.14. The number of carboxylic acids is 1. The second-order valence-corrected chi connectivity index (χ2v) is 6.91. The zero-order valence-electron chi connectivity index (χ0n) is 13.1. The van der Waals surface area contributed by atoms with Gasteiger partial charge < -0.3 is 10.0 Å². The first kappa shape index (κ1) is 16.7. The Bertz CT molecular complexity index is 775. The van der Waals surface area contributed by atoms with Crippen molar-refractivity contribution in [3.63, 3.8) is 0 Å². The van der Waals surface area contributed by atoms with Crippen LogP contribution < -0.4 is 0 Å². The van der Waals surface area contributed by atoms with Crippen molar-refractivity contribution in [2.24, 2.45) is 0 Å². The number of carbonyl (C=O) groups excluding carboxylic acids is 1. The van der Waals surface area contributed by atoms with Crippen LogP contribution in [0.1, 0.15) is 29.0 Å². The number of nitrogens with zero attached hydrogens (tertiary/aromatic N) is 1. The lowest BCUT2D eigenvalue weighted by Gasteiger charge is -2.33. The lowest BCUT2D eigenvalue weighted by molar-refractivity contribution is -0.141. The van der Waals surface area contributed by atoms with Gasteiger partial charge in [0.05, 0.1) is 5.92 Å². The van der Waals surface area contributed by atoms with E-state index in [-0.39, 0.29) is 12.5 Å². The molecule has 2 aromatic carbocycles. The molecule has 124 valence electrons. The largest absolute Gasteiger partial charge is 0.481 e. The van der Waals surface area contributed by atoms with Gasteiger partial charge in [0.25, 0.3) is 0 Å². The number of aliphatic carboxylic acids is 1. The Morgan fingerprint density at radius 1 is 1.17 bits per heavy atom. The molecule has 0 saturated carbocycles. The highest BCUT2D eigenvalue weighted by atomic mass is 79.9. The summed E-state index contributed by atoms with van der Waals surface area (Å²) in [5, 5.41) is 9.48. The topological polar surface area (TPSA) is 57.6 Å². The van der Waals surface area contributed by atoms with Crippen LogP contribution in [0.15, 0.2) is 53.0 Å². The fourth-order valence-electron chi connectivity index (χ4n) is 3.11. The number of carbonyl (C=O) groups is 2. The molecule has 4 nitrogen and oxygen atoms in total. The van der Waals surface area contributed by atoms with Crippen molar-refractivity contribution < 1.29 is 14.7 Å². The van der Waals surface area contributed by atoms with Crippen LogP contribution in [0.2, 0.25) is 0 Å². The monoisotopic (exact) mass is 387 g/mol. The van der Waals surface area contributed by atoms with E-state index >= 15 is 0 Å². The average molecular weight is 388 g/mol. The Kier molecular flexibility index (Phi) is 5.00. The second-order valence-electron chi connectivity index (χ2n) is 5.99. The summed E-state index contributed by atoms with van der Waals surface area (Å²) in [6.45, 7) is 0.723. The normalized spacial score (nSPS) is 16.5. The van der Waals surface area contributed by atoms with Crippen LogP contribution in [0.4, 0.5) is 0 Å². The molecule has 5 heteroatoms. The molecule has 0 aliphatic carbocycles. The van der Waals surface area contributed by atoms with Gasteiger partial charge in [-0.3, -0.25) is 9.59 Å². The quantitative estimate of drug-likeness (QED) is 0.871. The second kappa shape index (κ2) is 7.18. The Labute approximate surface area is 149 Å². The summed E-state index contributed by atoms with van der Waals surface area (Å²) >= 11 is 3.43. The minimum Gasteiger partial charge on any atom is -0.481 e. The van der Waals surface area contributed by atoms with Gasteiger partial charge in [-0.15, -0.1) is 0 Å². The summed E-state index contributed by atoms with van der Waals surface area (Å²) in [5.74, 6) is -1.53. The number of fused-ring (bicyclic) bond motifs is 1. The summed E-state index contributed by atoms with van der Waals surface area (Å²) in [6, 6.07) is 15.4. The van der Waals surface area contributed by atoms with Crippen LogP contribution in [-0.4, -0.2) is 28.4 Å². The van der Waals surface area contributed by atoms with Crippen LogP contribution in [0.5, 0.6) is 0 Å². The number of benzene rings is 2. The van der Waals surface area contributed by atoms with Gasteiger partial charge >= 0.3 is 5.97 Å². The number of carboxylic acid groups (broad SMARTS) is 1. The number of amides is 1. The van der Waals surface area contributed by atoms with Gasteiger partial charge in [0.1, 0.15) is 0 Å². The van der Waals surface area contributed by atoms with Crippen molar-refractivity contribution in [3.05, 3.63) is 69.7 Å². The summed E-state index contributed by atoms with van der Waals surface area (Å²) in [4.78, 5) is 25.8. The number of halogens is 1. The van der Waals surface area contributed by atoms with Gasteiger partial charge in [-0.25, -0.2) is 0 Å². The SMILES string of the molecule is O=C(O)C1CN(C(=O)CCc2cccc(Br)c2)Cc2ccccc21. The Morgan fingerprint density at radius 2 is 1.96 bits per heavy atom. The smallest absolute Gasteiger partial charge is 0.312 e. The first-order valence-corrected chi connectivity index (χ1v) is 8.66. The van der Waals surface area contributed by atoms with Crippen LogP contribution >= 0.6 is 15.9 Å². The molecule has 0 bridgehead atoms. The molecule has 0 saturated heterocycles. The molecular formula is C19H18BrNO3. The third-order valence-electron chi connectivity index (χ3n) is 4.36. The fourth-order valence-corrected chi connectivity index (χ4v) is 3.56. The van der Waals surface area contributed by atoms with Gasteiger partial charge in [0.15, 0.2) is 0 Å². The van der Waals surface area contributed by atoms with E-state index in [2.05, 4.69) is 15.9 Å². The van der Waals surface area contributed by atoms with E-state index in [1.807, 2.05) is 48.5 Å². The van der Waals surface area contributed by atoms with E-state index in [1.54, 1.807) is 4.90 Å². The van der Waals surface area contributed by atoms with Crippen molar-refractivity contribution in [1.29, 1.82) is 0 Å². The summed E-state index contributed by atoms with van der Waals surface area (Å²) in [6.07, 6.45) is 1.03. The fraction of sp³-hybridized carbons (Fsp3) is 0.263. The molecule has 1 N–H and O–H groups in total. The molecule has 2 aromatic rings. The molecule has 1 heterocycles. The van der Waals surface area contributed by atoms with Crippen LogP contribution in [0.25, 0.3) is 0 Å². The van der Waals surface area contributed by atoms with Crippen LogP contribution in [0.3, 0.4) is 0 Å². The molecule has 1 aliphatic rings. The molecule has 1 atom stereocenters. The zero-order chi connectivity index (χ0) is 17.1. The van der Waals surface area contributed by atoms with E-state index < -0.39 is 11.9 Å². The van der Waals surface area contributed by atoms with E-state index in [0.29, 0.717) is 19.4 Å². The maximum atomic E-state index is 12.6. The molecule has 0 radical (unpaired) electrons. The number of aryl methyl sites for hydroxylation is 1.